The van der Waals surface area contributed by atoms with Crippen LogP contribution >= 0.6 is 11.6 Å². The fourth-order valence-corrected chi connectivity index (χ4v) is 3.57. The van der Waals surface area contributed by atoms with Crippen LogP contribution < -0.4 is 4.98 Å². The third-order valence-corrected chi connectivity index (χ3v) is 9.19. The zero-order valence-corrected chi connectivity index (χ0v) is 14.4. The number of nitrogens with one attached hydrogen (secondary N) is 1. The van der Waals surface area contributed by atoms with Crippen molar-refractivity contribution in [1.82, 2.24) is 4.98 Å². The van der Waals surface area contributed by atoms with E-state index in [-0.39, 0.29) is 17.7 Å². The molecule has 1 aromatic rings. The lowest BCUT2D eigenvalue weighted by atomic mass is 10.1. The predicted octanol–water partition coefficient (Wildman–Crippen LogP) is 3.84. The molecule has 1 unspecified atom stereocenters. The van der Waals surface area contributed by atoms with Gasteiger partial charge in [-0.3, -0.25) is 0 Å². The van der Waals surface area contributed by atoms with Gasteiger partial charge in [-0.2, -0.15) is 0 Å². The van der Waals surface area contributed by atoms with Crippen LogP contribution in [0.1, 0.15) is 26.3 Å². The predicted molar refractivity (Wildman–Crippen MR) is 86.4 cm³/mol. The Morgan fingerprint density at radius 2 is 1.74 bits per heavy atom. The Morgan fingerprint density at radius 1 is 1.21 bits per heavy atom. The summed E-state index contributed by atoms with van der Waals surface area (Å²) in [7, 11) is -1.59. The molecule has 108 valence electrons. The van der Waals surface area contributed by atoms with Crippen LogP contribution in [0, 0.1) is 0 Å². The van der Waals surface area contributed by atoms with E-state index in [1.165, 1.54) is 5.56 Å². The monoisotopic (exact) mass is 299 g/mol. The highest BCUT2D eigenvalue weighted by atomic mass is 35.5. The highest BCUT2D eigenvalue weighted by molar-refractivity contribution is 6.77. The maximum absolute atomic E-state index is 9.60. The molecule has 0 spiro atoms. The first-order valence-corrected chi connectivity index (χ1v) is 10.2. The first-order chi connectivity index (χ1) is 8.65. The lowest BCUT2D eigenvalue weighted by molar-refractivity contribution is 0.254. The van der Waals surface area contributed by atoms with E-state index >= 15 is 0 Å². The van der Waals surface area contributed by atoms with Gasteiger partial charge >= 0.3 is 0 Å². The second-order valence-corrected chi connectivity index (χ2v) is 12.2. The highest BCUT2D eigenvalue weighted by Gasteiger charge is 2.36. The Labute approximate surface area is 123 Å². The molecule has 2 N–H and O–H groups in total. The molecule has 0 amide bonds. The van der Waals surface area contributed by atoms with Crippen molar-refractivity contribution in [3.8, 4) is 0 Å². The molecule has 1 atom stereocenters. The molecule has 2 nitrogen and oxygen atoms in total. The summed E-state index contributed by atoms with van der Waals surface area (Å²) in [6.45, 7) is 11.6. The zero-order chi connectivity index (χ0) is 14.7. The summed E-state index contributed by atoms with van der Waals surface area (Å²) in [6.07, 6.45) is 0.834. The summed E-state index contributed by atoms with van der Waals surface area (Å²) < 4.78 is 0. The molecule has 0 heterocycles. The van der Waals surface area contributed by atoms with Gasteiger partial charge in [0.2, 0.25) is 0 Å². The van der Waals surface area contributed by atoms with Crippen molar-refractivity contribution in [3.05, 3.63) is 34.9 Å². The van der Waals surface area contributed by atoms with Crippen LogP contribution in [-0.2, 0) is 6.42 Å². The molecule has 1 aromatic carbocycles. The Bertz CT molecular complexity index is 398. The maximum atomic E-state index is 9.60. The van der Waals surface area contributed by atoms with E-state index in [1.54, 1.807) is 0 Å². The number of halogens is 1. The third-order valence-electron chi connectivity index (χ3n) is 4.06. The van der Waals surface area contributed by atoms with E-state index in [0.717, 1.165) is 11.4 Å². The van der Waals surface area contributed by atoms with Crippen molar-refractivity contribution in [2.45, 2.75) is 51.4 Å². The van der Waals surface area contributed by atoms with E-state index in [2.05, 4.69) is 38.8 Å². The standard InChI is InChI=1S/C15H26ClNOSi/c1-15(2,3)19(4,5)17-14(11-18)10-12-6-8-13(16)9-7-12/h6-9,14,17-18H,10-11H2,1-5H3. The van der Waals surface area contributed by atoms with Crippen molar-refractivity contribution in [2.75, 3.05) is 6.61 Å². The molecule has 0 fully saturated rings. The molecular weight excluding hydrogens is 274 g/mol. The molecule has 1 rings (SSSR count). The van der Waals surface area contributed by atoms with E-state index in [0.29, 0.717) is 0 Å². The van der Waals surface area contributed by atoms with Crippen LogP contribution in [0.2, 0.25) is 23.2 Å². The third kappa shape index (κ3) is 4.92. The van der Waals surface area contributed by atoms with Gasteiger partial charge < -0.3 is 10.1 Å². The van der Waals surface area contributed by atoms with Crippen LogP contribution in [0.15, 0.2) is 24.3 Å². The van der Waals surface area contributed by atoms with Gasteiger partial charge in [-0.1, -0.05) is 57.6 Å². The Kier molecular flexibility index (Phi) is 5.62. The summed E-state index contributed by atoms with van der Waals surface area (Å²) in [5.74, 6) is 0. The quantitative estimate of drug-likeness (QED) is 0.810. The van der Waals surface area contributed by atoms with Crippen molar-refractivity contribution < 1.29 is 5.11 Å². The fourth-order valence-electron chi connectivity index (χ4n) is 1.79. The van der Waals surface area contributed by atoms with Crippen molar-refractivity contribution in [1.29, 1.82) is 0 Å². The number of hydrogen-bond donors (Lipinski definition) is 2. The topological polar surface area (TPSA) is 32.3 Å². The van der Waals surface area contributed by atoms with Crippen LogP contribution in [0.25, 0.3) is 0 Å². The zero-order valence-electron chi connectivity index (χ0n) is 12.6. The first-order valence-electron chi connectivity index (χ1n) is 6.79. The molecule has 0 bridgehead atoms. The number of aliphatic hydroxyl groups is 1. The smallest absolute Gasteiger partial charge is 0.125 e. The van der Waals surface area contributed by atoms with E-state index < -0.39 is 8.24 Å². The number of benzene rings is 1. The van der Waals surface area contributed by atoms with Gasteiger partial charge in [-0.15, -0.1) is 0 Å². The van der Waals surface area contributed by atoms with Crippen LogP contribution in [0.3, 0.4) is 0 Å². The SMILES string of the molecule is CC(C)(C)[Si](C)(C)NC(CO)Cc1ccc(Cl)cc1. The summed E-state index contributed by atoms with van der Waals surface area (Å²) >= 11 is 5.89. The normalized spacial score (nSPS) is 14.5. The summed E-state index contributed by atoms with van der Waals surface area (Å²) in [4.78, 5) is 3.70. The molecule has 0 aromatic heterocycles. The van der Waals surface area contributed by atoms with Gasteiger partial charge in [0, 0.05) is 11.1 Å². The van der Waals surface area contributed by atoms with Crippen molar-refractivity contribution in [2.24, 2.45) is 0 Å². The summed E-state index contributed by atoms with van der Waals surface area (Å²) in [6, 6.07) is 7.97. The van der Waals surface area contributed by atoms with Crippen molar-refractivity contribution >= 4 is 19.8 Å². The minimum absolute atomic E-state index is 0.113. The molecule has 4 heteroatoms. The lowest BCUT2D eigenvalue weighted by Gasteiger charge is -2.40. The minimum atomic E-state index is -1.59. The van der Waals surface area contributed by atoms with Gasteiger partial charge in [0.1, 0.15) is 8.24 Å². The molecule has 0 saturated carbocycles. The van der Waals surface area contributed by atoms with Gasteiger partial charge in [0.25, 0.3) is 0 Å². The van der Waals surface area contributed by atoms with E-state index in [9.17, 15) is 5.11 Å². The second-order valence-electron chi connectivity index (χ2n) is 6.73. The lowest BCUT2D eigenvalue weighted by Crippen LogP contribution is -2.57. The van der Waals surface area contributed by atoms with Crippen molar-refractivity contribution in [3.63, 3.8) is 0 Å². The average molecular weight is 300 g/mol. The molecule has 0 saturated heterocycles. The highest BCUT2D eigenvalue weighted by Crippen LogP contribution is 2.34. The minimum Gasteiger partial charge on any atom is -0.395 e. The summed E-state index contributed by atoms with van der Waals surface area (Å²) in [5, 5.41) is 10.6. The molecule has 0 aliphatic carbocycles. The summed E-state index contributed by atoms with van der Waals surface area (Å²) in [5.41, 5.74) is 1.20. The van der Waals surface area contributed by atoms with E-state index in [4.69, 9.17) is 11.6 Å². The first kappa shape index (κ1) is 16.7. The average Bonchev–Trinajstić information content (AvgIpc) is 2.29. The van der Waals surface area contributed by atoms with Crippen LogP contribution in [-0.4, -0.2) is 26.0 Å². The Morgan fingerprint density at radius 3 is 2.16 bits per heavy atom. The number of aliphatic hydroxyl groups excluding tert-OH is 1. The van der Waals surface area contributed by atoms with Crippen LogP contribution in [0.4, 0.5) is 0 Å². The Hall–Kier alpha value is -0.353. The Balaban J connectivity index is 2.72. The molecule has 0 aliphatic rings. The van der Waals surface area contributed by atoms with Gasteiger partial charge in [0.05, 0.1) is 6.61 Å². The molecular formula is C15H26ClNOSi. The van der Waals surface area contributed by atoms with E-state index in [1.807, 2.05) is 24.3 Å². The molecule has 0 radical (unpaired) electrons. The van der Waals surface area contributed by atoms with Gasteiger partial charge in [-0.05, 0) is 29.2 Å². The maximum Gasteiger partial charge on any atom is 0.125 e. The number of hydrogen-bond acceptors (Lipinski definition) is 2. The van der Waals surface area contributed by atoms with Gasteiger partial charge in [-0.25, -0.2) is 0 Å². The fraction of sp³-hybridized carbons (Fsp3) is 0.600. The number of rotatable bonds is 5. The van der Waals surface area contributed by atoms with Crippen LogP contribution in [0.5, 0.6) is 0 Å². The molecule has 19 heavy (non-hydrogen) atoms. The largest absolute Gasteiger partial charge is 0.395 e. The second kappa shape index (κ2) is 6.40. The molecule has 0 aliphatic heterocycles. The van der Waals surface area contributed by atoms with Gasteiger partial charge in [0.15, 0.2) is 0 Å².